The van der Waals surface area contributed by atoms with Gasteiger partial charge in [0.2, 0.25) is 0 Å². The third-order valence-corrected chi connectivity index (χ3v) is 6.71. The number of aromatic nitrogens is 5. The number of fused-ring (bicyclic) bond motifs is 1. The van der Waals surface area contributed by atoms with Gasteiger partial charge >= 0.3 is 5.69 Å². The lowest BCUT2D eigenvalue weighted by Gasteiger charge is -2.26. The molecule has 0 saturated heterocycles. The van der Waals surface area contributed by atoms with E-state index in [1.165, 1.54) is 34.8 Å². The molecule has 0 radical (unpaired) electrons. The Morgan fingerprint density at radius 3 is 2.71 bits per heavy atom. The van der Waals surface area contributed by atoms with Crippen molar-refractivity contribution >= 4 is 11.2 Å². The summed E-state index contributed by atoms with van der Waals surface area (Å²) in [5, 5.41) is 4.03. The maximum absolute atomic E-state index is 13.2. The van der Waals surface area contributed by atoms with E-state index < -0.39 is 5.69 Å². The van der Waals surface area contributed by atoms with Crippen LogP contribution in [-0.2, 0) is 20.1 Å². The van der Waals surface area contributed by atoms with Gasteiger partial charge in [-0.05, 0) is 36.5 Å². The molecule has 0 amide bonds. The topological polar surface area (TPSA) is 87.9 Å². The van der Waals surface area contributed by atoms with Gasteiger partial charge in [0, 0.05) is 19.7 Å². The Labute approximate surface area is 161 Å². The molecule has 1 atom stereocenters. The average Bonchev–Trinajstić information content (AvgIpc) is 2.98. The van der Waals surface area contributed by atoms with Crippen LogP contribution >= 0.6 is 0 Å². The third-order valence-electron chi connectivity index (χ3n) is 6.71. The maximum Gasteiger partial charge on any atom is 0.332 e. The Morgan fingerprint density at radius 1 is 1.32 bits per heavy atom. The van der Waals surface area contributed by atoms with Crippen molar-refractivity contribution in [3.8, 4) is 0 Å². The molecule has 1 spiro atoms. The molecular formula is C20H25N5O3. The van der Waals surface area contributed by atoms with E-state index in [-0.39, 0.29) is 18.0 Å². The van der Waals surface area contributed by atoms with E-state index >= 15 is 0 Å². The molecule has 3 aromatic heterocycles. The molecular weight excluding hydrogens is 358 g/mol. The van der Waals surface area contributed by atoms with Gasteiger partial charge in [0.15, 0.2) is 16.9 Å². The second-order valence-electron chi connectivity index (χ2n) is 8.79. The fourth-order valence-corrected chi connectivity index (χ4v) is 4.60. The van der Waals surface area contributed by atoms with Crippen molar-refractivity contribution in [2.24, 2.45) is 18.4 Å². The minimum Gasteiger partial charge on any atom is -0.359 e. The van der Waals surface area contributed by atoms with E-state index in [9.17, 15) is 9.59 Å². The Kier molecular flexibility index (Phi) is 3.70. The molecule has 2 aliphatic rings. The Hall–Kier alpha value is -2.64. The van der Waals surface area contributed by atoms with Gasteiger partial charge in [-0.2, -0.15) is 0 Å². The molecule has 0 N–H and O–H groups in total. The summed E-state index contributed by atoms with van der Waals surface area (Å²) in [4.78, 5) is 30.3. The lowest BCUT2D eigenvalue weighted by atomic mass is 9.80. The van der Waals surface area contributed by atoms with Gasteiger partial charge in [0.05, 0.1) is 18.6 Å². The standard InChI is InChI=1S/C20H25N5O3/c1-12(2)15-7-14(28-22-15)10-25-18(26)16-17(23(3)19(25)27)21-11-24(16)9-13-8-20(13)5-4-6-20/h7,11-13H,4-6,8-10H2,1-3H3. The van der Waals surface area contributed by atoms with Crippen LogP contribution in [0.4, 0.5) is 0 Å². The summed E-state index contributed by atoms with van der Waals surface area (Å²) in [6.45, 7) is 4.90. The SMILES string of the molecule is CC(C)c1cc(Cn2c(=O)c3c(ncn3CC3CC34CCC4)n(C)c2=O)on1. The van der Waals surface area contributed by atoms with Gasteiger partial charge in [-0.1, -0.05) is 25.4 Å². The summed E-state index contributed by atoms with van der Waals surface area (Å²) in [7, 11) is 1.66. The van der Waals surface area contributed by atoms with Gasteiger partial charge in [-0.25, -0.2) is 9.78 Å². The molecule has 3 aromatic rings. The second-order valence-corrected chi connectivity index (χ2v) is 8.79. The predicted octanol–water partition coefficient (Wildman–Crippen LogP) is 2.25. The van der Waals surface area contributed by atoms with E-state index in [0.717, 1.165) is 12.2 Å². The van der Waals surface area contributed by atoms with Crippen LogP contribution in [0.5, 0.6) is 0 Å². The van der Waals surface area contributed by atoms with Gasteiger partial charge in [0.25, 0.3) is 5.56 Å². The van der Waals surface area contributed by atoms with E-state index in [2.05, 4.69) is 10.1 Å². The largest absolute Gasteiger partial charge is 0.359 e. The quantitative estimate of drug-likeness (QED) is 0.674. The van der Waals surface area contributed by atoms with Crippen LogP contribution in [-0.4, -0.2) is 23.8 Å². The highest BCUT2D eigenvalue weighted by atomic mass is 16.5. The number of rotatable bonds is 5. The van der Waals surface area contributed by atoms with Gasteiger partial charge in [-0.15, -0.1) is 0 Å². The van der Waals surface area contributed by atoms with Crippen molar-refractivity contribution in [2.45, 2.75) is 58.5 Å². The van der Waals surface area contributed by atoms with Crippen molar-refractivity contribution < 1.29 is 4.52 Å². The van der Waals surface area contributed by atoms with Crippen LogP contribution in [0.3, 0.4) is 0 Å². The number of hydrogen-bond acceptors (Lipinski definition) is 5. The fraction of sp³-hybridized carbons (Fsp3) is 0.600. The lowest BCUT2D eigenvalue weighted by Crippen LogP contribution is -2.40. The highest BCUT2D eigenvalue weighted by Gasteiger charge is 2.57. The highest BCUT2D eigenvalue weighted by Crippen LogP contribution is 2.66. The van der Waals surface area contributed by atoms with Crippen molar-refractivity contribution in [1.29, 1.82) is 0 Å². The van der Waals surface area contributed by atoms with Gasteiger partial charge in [0.1, 0.15) is 0 Å². The van der Waals surface area contributed by atoms with Crippen LogP contribution < -0.4 is 11.2 Å². The van der Waals surface area contributed by atoms with Crippen LogP contribution in [0.25, 0.3) is 11.2 Å². The minimum absolute atomic E-state index is 0.0692. The monoisotopic (exact) mass is 383 g/mol. The number of aryl methyl sites for hydroxylation is 1. The summed E-state index contributed by atoms with van der Waals surface area (Å²) in [6, 6.07) is 1.81. The summed E-state index contributed by atoms with van der Waals surface area (Å²) in [6.07, 6.45) is 6.86. The van der Waals surface area contributed by atoms with Crippen LogP contribution in [0, 0.1) is 11.3 Å². The Morgan fingerprint density at radius 2 is 2.11 bits per heavy atom. The molecule has 2 fully saturated rings. The minimum atomic E-state index is -0.396. The summed E-state index contributed by atoms with van der Waals surface area (Å²) >= 11 is 0. The van der Waals surface area contributed by atoms with E-state index in [4.69, 9.17) is 4.52 Å². The first kappa shape index (κ1) is 17.5. The van der Waals surface area contributed by atoms with Crippen LogP contribution in [0.1, 0.15) is 56.9 Å². The summed E-state index contributed by atoms with van der Waals surface area (Å²) in [5.41, 5.74) is 1.55. The predicted molar refractivity (Wildman–Crippen MR) is 103 cm³/mol. The molecule has 28 heavy (non-hydrogen) atoms. The molecule has 8 heteroatoms. The lowest BCUT2D eigenvalue weighted by molar-refractivity contribution is 0.250. The average molecular weight is 383 g/mol. The van der Waals surface area contributed by atoms with E-state index in [1.54, 1.807) is 13.4 Å². The summed E-state index contributed by atoms with van der Waals surface area (Å²) in [5.74, 6) is 1.34. The number of nitrogens with zero attached hydrogens (tertiary/aromatic N) is 5. The van der Waals surface area contributed by atoms with Crippen molar-refractivity contribution in [3.63, 3.8) is 0 Å². The van der Waals surface area contributed by atoms with E-state index in [0.29, 0.717) is 28.3 Å². The van der Waals surface area contributed by atoms with Gasteiger partial charge < -0.3 is 9.09 Å². The Balaban J connectivity index is 1.54. The zero-order chi connectivity index (χ0) is 19.6. The van der Waals surface area contributed by atoms with E-state index in [1.807, 2.05) is 24.5 Å². The molecule has 1 unspecified atom stereocenters. The maximum atomic E-state index is 13.2. The zero-order valence-corrected chi connectivity index (χ0v) is 16.5. The summed E-state index contributed by atoms with van der Waals surface area (Å²) < 4.78 is 9.95. The first-order valence-corrected chi connectivity index (χ1v) is 10.00. The molecule has 8 nitrogen and oxygen atoms in total. The molecule has 0 bridgehead atoms. The molecule has 3 heterocycles. The highest BCUT2D eigenvalue weighted by molar-refractivity contribution is 5.70. The van der Waals surface area contributed by atoms with Crippen molar-refractivity contribution in [1.82, 2.24) is 23.8 Å². The number of hydrogen-bond donors (Lipinski definition) is 0. The Bertz CT molecular complexity index is 1170. The van der Waals surface area contributed by atoms with Crippen LogP contribution in [0.2, 0.25) is 0 Å². The molecule has 0 aliphatic heterocycles. The smallest absolute Gasteiger partial charge is 0.332 e. The molecule has 2 aliphatic carbocycles. The first-order valence-electron chi connectivity index (χ1n) is 10.00. The van der Waals surface area contributed by atoms with Gasteiger partial charge in [-0.3, -0.25) is 13.9 Å². The van der Waals surface area contributed by atoms with Crippen molar-refractivity contribution in [2.75, 3.05) is 0 Å². The molecule has 0 aromatic carbocycles. The fourth-order valence-electron chi connectivity index (χ4n) is 4.60. The van der Waals surface area contributed by atoms with Crippen molar-refractivity contribution in [3.05, 3.63) is 44.7 Å². The molecule has 2 saturated carbocycles. The first-order chi connectivity index (χ1) is 13.4. The molecule has 148 valence electrons. The second kappa shape index (κ2) is 5.93. The van der Waals surface area contributed by atoms with Crippen LogP contribution in [0.15, 0.2) is 26.5 Å². The molecule has 5 rings (SSSR count). The third kappa shape index (κ3) is 2.50. The normalized spacial score (nSPS) is 20.2. The zero-order valence-electron chi connectivity index (χ0n) is 16.5. The number of imidazole rings is 1.